The van der Waals surface area contributed by atoms with Gasteiger partial charge in [-0.1, -0.05) is 300 Å². The van der Waals surface area contributed by atoms with Gasteiger partial charge in [0.25, 0.3) is 0 Å². The molecule has 0 aromatic carbocycles. The number of hydrogen-bond donors (Lipinski definition) is 0. The number of ether oxygens (including phenoxy) is 3. The molecule has 0 rings (SSSR count). The fourth-order valence-corrected chi connectivity index (χ4v) is 8.83. The van der Waals surface area contributed by atoms with Crippen LogP contribution < -0.4 is 0 Å². The summed E-state index contributed by atoms with van der Waals surface area (Å²) in [6, 6.07) is 0. The Bertz CT molecular complexity index is 1890. The summed E-state index contributed by atoms with van der Waals surface area (Å²) >= 11 is 0. The van der Waals surface area contributed by atoms with Gasteiger partial charge in [0.05, 0.1) is 6.42 Å². The van der Waals surface area contributed by atoms with Crippen LogP contribution in [0.4, 0.5) is 0 Å². The van der Waals surface area contributed by atoms with Gasteiger partial charge in [-0.05, 0) is 128 Å². The Hall–Kier alpha value is -5.23. The van der Waals surface area contributed by atoms with Crippen molar-refractivity contribution in [1.82, 2.24) is 0 Å². The maximum atomic E-state index is 12.8. The first kappa shape index (κ1) is 77.8. The molecule has 0 spiro atoms. The minimum atomic E-state index is -0.847. The van der Waals surface area contributed by atoms with Crippen LogP contribution in [-0.4, -0.2) is 37.2 Å². The fraction of sp³-hybridized carbons (Fsp3) is 0.597. The van der Waals surface area contributed by atoms with Crippen LogP contribution in [0.5, 0.6) is 0 Å². The Kier molecular flexibility index (Phi) is 64.9. The van der Waals surface area contributed by atoms with Crippen LogP contribution in [0.2, 0.25) is 0 Å². The first-order chi connectivity index (χ1) is 41.0. The van der Waals surface area contributed by atoms with E-state index in [-0.39, 0.29) is 31.6 Å². The van der Waals surface area contributed by atoms with E-state index < -0.39 is 12.1 Å². The van der Waals surface area contributed by atoms with Gasteiger partial charge in [0, 0.05) is 12.8 Å². The van der Waals surface area contributed by atoms with Crippen LogP contribution in [0.25, 0.3) is 0 Å². The van der Waals surface area contributed by atoms with Crippen LogP contribution in [0.1, 0.15) is 278 Å². The third-order valence-corrected chi connectivity index (χ3v) is 13.7. The third kappa shape index (κ3) is 67.4. The second-order valence-corrected chi connectivity index (χ2v) is 21.6. The van der Waals surface area contributed by atoms with Crippen LogP contribution in [-0.2, 0) is 28.6 Å². The fourth-order valence-electron chi connectivity index (χ4n) is 8.83. The molecule has 83 heavy (non-hydrogen) atoms. The Labute approximate surface area is 511 Å². The van der Waals surface area contributed by atoms with Crippen molar-refractivity contribution in [2.45, 2.75) is 284 Å². The maximum Gasteiger partial charge on any atom is 0.310 e. The molecule has 0 aliphatic carbocycles. The van der Waals surface area contributed by atoms with Crippen molar-refractivity contribution in [1.29, 1.82) is 0 Å². The topological polar surface area (TPSA) is 78.9 Å². The highest BCUT2D eigenvalue weighted by atomic mass is 16.6. The van der Waals surface area contributed by atoms with Crippen molar-refractivity contribution < 1.29 is 28.6 Å². The average Bonchev–Trinajstić information content (AvgIpc) is 3.49. The molecule has 6 heteroatoms. The van der Waals surface area contributed by atoms with Crippen LogP contribution in [0.15, 0.2) is 170 Å². The van der Waals surface area contributed by atoms with Crippen molar-refractivity contribution in [3.63, 3.8) is 0 Å². The molecule has 0 aromatic rings. The summed E-state index contributed by atoms with van der Waals surface area (Å²) in [5.74, 6) is -1.08. The Morgan fingerprint density at radius 2 is 0.470 bits per heavy atom. The number of unbranched alkanes of at least 4 members (excludes halogenated alkanes) is 21. The molecule has 466 valence electrons. The molecule has 0 radical (unpaired) electrons. The van der Waals surface area contributed by atoms with Gasteiger partial charge >= 0.3 is 17.9 Å². The monoisotopic (exact) mass is 1140 g/mol. The van der Waals surface area contributed by atoms with Crippen molar-refractivity contribution in [2.75, 3.05) is 13.2 Å². The van der Waals surface area contributed by atoms with Crippen molar-refractivity contribution in [2.24, 2.45) is 0 Å². The molecular formula is C77H122O6. The second-order valence-electron chi connectivity index (χ2n) is 21.6. The zero-order valence-electron chi connectivity index (χ0n) is 53.4. The smallest absolute Gasteiger partial charge is 0.310 e. The number of carbonyl (C=O) groups is 3. The molecule has 0 saturated heterocycles. The SMILES string of the molecule is CC/C=C\C/C=C\C/C=C\C/C=C\C/C=C\C/C=C\CCCCCCCCCCCCCCCCCCC(=O)OCC(COC(=O)CCCCCCC/C=C\C/C=C\C/C=C\CC)OC(=O)C/C=C\C/C=C\C/C=C\C/C=C\C/C=C\CC. The first-order valence-corrected chi connectivity index (χ1v) is 33.6. The van der Waals surface area contributed by atoms with Gasteiger partial charge in [-0.2, -0.15) is 0 Å². The van der Waals surface area contributed by atoms with E-state index in [9.17, 15) is 14.4 Å². The van der Waals surface area contributed by atoms with E-state index >= 15 is 0 Å². The predicted octanol–water partition coefficient (Wildman–Crippen LogP) is 23.4. The van der Waals surface area contributed by atoms with E-state index in [0.717, 1.165) is 141 Å². The highest BCUT2D eigenvalue weighted by Crippen LogP contribution is 2.16. The van der Waals surface area contributed by atoms with E-state index in [0.29, 0.717) is 19.3 Å². The number of hydrogen-bond acceptors (Lipinski definition) is 6. The molecule has 1 unspecified atom stereocenters. The molecule has 6 nitrogen and oxygen atoms in total. The maximum absolute atomic E-state index is 12.8. The lowest BCUT2D eigenvalue weighted by atomic mass is 10.0. The Morgan fingerprint density at radius 3 is 0.735 bits per heavy atom. The van der Waals surface area contributed by atoms with Crippen LogP contribution in [0, 0.1) is 0 Å². The molecule has 0 aliphatic rings. The van der Waals surface area contributed by atoms with E-state index in [1.54, 1.807) is 6.08 Å². The highest BCUT2D eigenvalue weighted by Gasteiger charge is 2.19. The molecule has 0 saturated carbocycles. The van der Waals surface area contributed by atoms with Gasteiger partial charge in [-0.25, -0.2) is 0 Å². The molecule has 0 aliphatic heterocycles. The summed E-state index contributed by atoms with van der Waals surface area (Å²) in [6.07, 6.45) is 103. The van der Waals surface area contributed by atoms with E-state index in [2.05, 4.69) is 179 Å². The Morgan fingerprint density at radius 1 is 0.253 bits per heavy atom. The molecule has 0 aromatic heterocycles. The van der Waals surface area contributed by atoms with Gasteiger partial charge in [-0.3, -0.25) is 14.4 Å². The number of allylic oxidation sites excluding steroid dienone is 27. The molecule has 0 fully saturated rings. The lowest BCUT2D eigenvalue weighted by Gasteiger charge is -2.18. The summed E-state index contributed by atoms with van der Waals surface area (Å²) in [6.45, 7) is 6.20. The van der Waals surface area contributed by atoms with Crippen molar-refractivity contribution in [3.05, 3.63) is 170 Å². The predicted molar refractivity (Wildman–Crippen MR) is 361 cm³/mol. The lowest BCUT2D eigenvalue weighted by molar-refractivity contribution is -0.166. The summed E-state index contributed by atoms with van der Waals surface area (Å²) < 4.78 is 16.8. The van der Waals surface area contributed by atoms with E-state index in [4.69, 9.17) is 14.2 Å². The third-order valence-electron chi connectivity index (χ3n) is 13.7. The Balaban J connectivity index is 4.26. The molecule has 1 atom stereocenters. The highest BCUT2D eigenvalue weighted by molar-refractivity contribution is 5.72. The summed E-state index contributed by atoms with van der Waals surface area (Å²) in [7, 11) is 0. The zero-order valence-corrected chi connectivity index (χ0v) is 53.4. The quantitative estimate of drug-likeness (QED) is 0.0261. The van der Waals surface area contributed by atoms with E-state index in [1.807, 2.05) is 6.08 Å². The summed E-state index contributed by atoms with van der Waals surface area (Å²) in [5, 5.41) is 0. The van der Waals surface area contributed by atoms with Gasteiger partial charge in [0.1, 0.15) is 13.2 Å². The summed E-state index contributed by atoms with van der Waals surface area (Å²) in [4.78, 5) is 38.2. The standard InChI is InChI=1S/C77H122O6/c1-4-7-10-13-16-19-22-25-28-29-30-31-32-33-34-35-36-37-38-39-40-41-42-43-44-45-46-47-50-52-55-58-61-64-67-70-76(79)82-73-74(83-77(80)71-68-65-62-59-56-53-49-27-24-21-18-15-12-9-6-3)72-81-75(78)69-66-63-60-57-54-51-48-26-23-20-17-14-11-8-5-2/h7-12,16-21,25-28,30-31,33-34,36-37,48-49,56,59,65,68,74H,4-6,13-15,22-24,29,32,35,38-47,50-55,57-58,60-64,66-67,69-73H2,1-3H3/b10-7-,11-8-,12-9-,19-16-,20-17-,21-18-,28-25-,31-30-,34-33-,37-36-,48-26-,49-27-,59-56-,68-65-. The van der Waals surface area contributed by atoms with Crippen LogP contribution in [0.3, 0.4) is 0 Å². The normalized spacial score (nSPS) is 13.2. The number of esters is 3. The van der Waals surface area contributed by atoms with Gasteiger partial charge < -0.3 is 14.2 Å². The minimum Gasteiger partial charge on any atom is -0.462 e. The zero-order chi connectivity index (χ0) is 59.9. The van der Waals surface area contributed by atoms with Gasteiger partial charge in [0.2, 0.25) is 0 Å². The molecule has 0 bridgehead atoms. The molecule has 0 amide bonds. The van der Waals surface area contributed by atoms with Crippen molar-refractivity contribution >= 4 is 17.9 Å². The van der Waals surface area contributed by atoms with Crippen LogP contribution >= 0.6 is 0 Å². The van der Waals surface area contributed by atoms with Gasteiger partial charge in [-0.15, -0.1) is 0 Å². The second kappa shape index (κ2) is 69.3. The summed E-state index contributed by atoms with van der Waals surface area (Å²) in [5.41, 5.74) is 0. The largest absolute Gasteiger partial charge is 0.462 e. The van der Waals surface area contributed by atoms with Gasteiger partial charge in [0.15, 0.2) is 6.10 Å². The minimum absolute atomic E-state index is 0.0871. The van der Waals surface area contributed by atoms with Crippen molar-refractivity contribution in [3.8, 4) is 0 Å². The number of rotatable bonds is 59. The number of carbonyl (C=O) groups excluding carboxylic acids is 3. The molecule has 0 N–H and O–H groups in total. The van der Waals surface area contributed by atoms with E-state index in [1.165, 1.54) is 89.9 Å². The first-order valence-electron chi connectivity index (χ1n) is 33.6. The average molecular weight is 1140 g/mol. The molecular weight excluding hydrogens is 1020 g/mol. The molecule has 0 heterocycles. The lowest BCUT2D eigenvalue weighted by Crippen LogP contribution is -2.30.